The highest BCUT2D eigenvalue weighted by Gasteiger charge is 2.11. The van der Waals surface area contributed by atoms with Crippen molar-refractivity contribution in [2.45, 2.75) is 46.6 Å². The van der Waals surface area contributed by atoms with Crippen LogP contribution in [-0.2, 0) is 6.54 Å². The van der Waals surface area contributed by atoms with Gasteiger partial charge in [0.15, 0.2) is 11.7 Å². The van der Waals surface area contributed by atoms with Crippen molar-refractivity contribution in [3.8, 4) is 0 Å². The second-order valence-corrected chi connectivity index (χ2v) is 6.90. The van der Waals surface area contributed by atoms with Gasteiger partial charge in [-0.15, -0.1) is 0 Å². The average Bonchev–Trinajstić information content (AvgIpc) is 3.12. The van der Waals surface area contributed by atoms with Crippen LogP contribution >= 0.6 is 0 Å². The first-order chi connectivity index (χ1) is 13.6. The van der Waals surface area contributed by atoms with E-state index in [-0.39, 0.29) is 5.91 Å². The highest BCUT2D eigenvalue weighted by atomic mass is 16.3. The molecule has 1 heterocycles. The molecular weight excluding hydrogens is 352 g/mol. The maximum atomic E-state index is 12.0. The number of hydrogen-bond acceptors (Lipinski definition) is 3. The highest BCUT2D eigenvalue weighted by molar-refractivity contribution is 5.92. The van der Waals surface area contributed by atoms with E-state index in [0.29, 0.717) is 18.8 Å². The molecule has 0 saturated carbocycles. The van der Waals surface area contributed by atoms with Crippen molar-refractivity contribution in [1.29, 1.82) is 0 Å². The number of benzene rings is 1. The molecular formula is C22H32N4O2. The van der Waals surface area contributed by atoms with Crippen molar-refractivity contribution >= 4 is 11.9 Å². The normalized spacial score (nSPS) is 11.3. The lowest BCUT2D eigenvalue weighted by Gasteiger charge is -2.13. The van der Waals surface area contributed by atoms with Crippen LogP contribution in [0.5, 0.6) is 0 Å². The van der Waals surface area contributed by atoms with Gasteiger partial charge in [-0.05, 0) is 38.3 Å². The summed E-state index contributed by atoms with van der Waals surface area (Å²) >= 11 is 0. The number of carbonyl (C=O) groups excluding carboxylic acids is 1. The monoisotopic (exact) mass is 384 g/mol. The van der Waals surface area contributed by atoms with E-state index in [9.17, 15) is 4.79 Å². The standard InChI is InChI=1S/C22H32N4O2/c1-4-5-12-24-22(26-16-19-9-7-17(2)8-10-19)25-14-6-13-23-21(27)20-18(3)11-15-28-20/h7-11,15H,4-6,12-14,16H2,1-3H3,(H,23,27)(H2,24,25,26). The number of aryl methyl sites for hydroxylation is 2. The summed E-state index contributed by atoms with van der Waals surface area (Å²) < 4.78 is 5.20. The smallest absolute Gasteiger partial charge is 0.287 e. The molecule has 3 N–H and O–H groups in total. The fourth-order valence-electron chi connectivity index (χ4n) is 2.60. The second kappa shape index (κ2) is 11.8. The number of nitrogens with one attached hydrogen (secondary N) is 3. The van der Waals surface area contributed by atoms with Crippen LogP contribution in [0.1, 0.15) is 53.4 Å². The first-order valence-electron chi connectivity index (χ1n) is 10.00. The van der Waals surface area contributed by atoms with Gasteiger partial charge in [0.25, 0.3) is 5.91 Å². The number of hydrogen-bond donors (Lipinski definition) is 3. The molecule has 6 nitrogen and oxygen atoms in total. The fraction of sp³-hybridized carbons (Fsp3) is 0.455. The van der Waals surface area contributed by atoms with Gasteiger partial charge in [-0.1, -0.05) is 43.2 Å². The second-order valence-electron chi connectivity index (χ2n) is 6.90. The molecule has 0 saturated heterocycles. The van der Waals surface area contributed by atoms with E-state index in [1.807, 2.05) is 6.92 Å². The molecule has 2 rings (SSSR count). The molecule has 1 aromatic heterocycles. The molecule has 0 aliphatic carbocycles. The summed E-state index contributed by atoms with van der Waals surface area (Å²) in [7, 11) is 0. The number of amides is 1. The third-order valence-corrected chi connectivity index (χ3v) is 4.36. The van der Waals surface area contributed by atoms with E-state index in [4.69, 9.17) is 4.42 Å². The number of rotatable bonds is 10. The molecule has 0 aliphatic rings. The molecule has 0 aliphatic heterocycles. The Hall–Kier alpha value is -2.76. The van der Waals surface area contributed by atoms with Gasteiger partial charge in [0, 0.05) is 25.2 Å². The van der Waals surface area contributed by atoms with Crippen molar-refractivity contribution in [2.75, 3.05) is 19.6 Å². The minimum absolute atomic E-state index is 0.170. The SMILES string of the molecule is CCCCNC(=NCc1ccc(C)cc1)NCCCNC(=O)c1occc1C. The van der Waals surface area contributed by atoms with E-state index < -0.39 is 0 Å². The van der Waals surface area contributed by atoms with Gasteiger partial charge in [0.05, 0.1) is 12.8 Å². The number of carbonyl (C=O) groups is 1. The van der Waals surface area contributed by atoms with Crippen LogP contribution < -0.4 is 16.0 Å². The summed E-state index contributed by atoms with van der Waals surface area (Å²) in [6.45, 7) is 8.94. The summed E-state index contributed by atoms with van der Waals surface area (Å²) in [6, 6.07) is 10.2. The molecule has 0 spiro atoms. The lowest BCUT2D eigenvalue weighted by molar-refractivity contribution is 0.0925. The van der Waals surface area contributed by atoms with Crippen LogP contribution in [0.4, 0.5) is 0 Å². The highest BCUT2D eigenvalue weighted by Crippen LogP contribution is 2.08. The van der Waals surface area contributed by atoms with Crippen LogP contribution in [0.2, 0.25) is 0 Å². The molecule has 0 unspecified atom stereocenters. The Bertz CT molecular complexity index is 750. The number of unbranched alkanes of at least 4 members (excludes halogenated alkanes) is 1. The number of guanidine groups is 1. The quantitative estimate of drug-likeness (QED) is 0.332. The molecule has 0 bridgehead atoms. The molecule has 28 heavy (non-hydrogen) atoms. The van der Waals surface area contributed by atoms with Crippen LogP contribution in [0.25, 0.3) is 0 Å². The molecule has 0 atom stereocenters. The molecule has 6 heteroatoms. The zero-order valence-corrected chi connectivity index (χ0v) is 17.2. The van der Waals surface area contributed by atoms with E-state index in [2.05, 4.69) is 59.1 Å². The molecule has 2 aromatic rings. The Labute approximate surface area is 167 Å². The third kappa shape index (κ3) is 7.47. The Morgan fingerprint density at radius 3 is 2.29 bits per heavy atom. The molecule has 0 radical (unpaired) electrons. The molecule has 1 aromatic carbocycles. The fourth-order valence-corrected chi connectivity index (χ4v) is 2.60. The van der Waals surface area contributed by atoms with Crippen molar-refractivity contribution < 1.29 is 9.21 Å². The van der Waals surface area contributed by atoms with Crippen molar-refractivity contribution in [1.82, 2.24) is 16.0 Å². The van der Waals surface area contributed by atoms with Gasteiger partial charge in [-0.3, -0.25) is 4.79 Å². The summed E-state index contributed by atoms with van der Waals surface area (Å²) in [5, 5.41) is 9.59. The largest absolute Gasteiger partial charge is 0.459 e. The molecule has 1 amide bonds. The summed E-state index contributed by atoms with van der Waals surface area (Å²) in [6.07, 6.45) is 4.56. The van der Waals surface area contributed by atoms with E-state index in [1.165, 1.54) is 17.4 Å². The van der Waals surface area contributed by atoms with E-state index >= 15 is 0 Å². The van der Waals surface area contributed by atoms with Crippen molar-refractivity contribution in [3.63, 3.8) is 0 Å². The number of aliphatic imine (C=N–C) groups is 1. The molecule has 152 valence electrons. The van der Waals surface area contributed by atoms with Crippen LogP contribution in [0.3, 0.4) is 0 Å². The summed E-state index contributed by atoms with van der Waals surface area (Å²) in [5.74, 6) is 1.02. The summed E-state index contributed by atoms with van der Waals surface area (Å²) in [5.41, 5.74) is 3.28. The predicted molar refractivity (Wildman–Crippen MR) is 114 cm³/mol. The van der Waals surface area contributed by atoms with Gasteiger partial charge >= 0.3 is 0 Å². The maximum absolute atomic E-state index is 12.0. The van der Waals surface area contributed by atoms with Crippen LogP contribution in [0.15, 0.2) is 46.0 Å². The Kier molecular flexibility index (Phi) is 9.11. The topological polar surface area (TPSA) is 78.7 Å². The van der Waals surface area contributed by atoms with Gasteiger partial charge < -0.3 is 20.4 Å². The Balaban J connectivity index is 1.76. The van der Waals surface area contributed by atoms with Gasteiger partial charge in [0.1, 0.15) is 0 Å². The first kappa shape index (κ1) is 21.5. The van der Waals surface area contributed by atoms with Gasteiger partial charge in [-0.2, -0.15) is 0 Å². The lowest BCUT2D eigenvalue weighted by Crippen LogP contribution is -2.39. The zero-order valence-electron chi connectivity index (χ0n) is 17.2. The predicted octanol–water partition coefficient (Wildman–Crippen LogP) is 3.55. The first-order valence-corrected chi connectivity index (χ1v) is 10.00. The Morgan fingerprint density at radius 1 is 0.964 bits per heavy atom. The van der Waals surface area contributed by atoms with Crippen molar-refractivity contribution in [3.05, 3.63) is 59.0 Å². The van der Waals surface area contributed by atoms with E-state index in [0.717, 1.165) is 43.9 Å². The maximum Gasteiger partial charge on any atom is 0.287 e. The number of furan rings is 1. The van der Waals surface area contributed by atoms with Crippen LogP contribution in [0, 0.1) is 13.8 Å². The third-order valence-electron chi connectivity index (χ3n) is 4.36. The lowest BCUT2D eigenvalue weighted by atomic mass is 10.1. The summed E-state index contributed by atoms with van der Waals surface area (Å²) in [4.78, 5) is 16.7. The van der Waals surface area contributed by atoms with Crippen LogP contribution in [-0.4, -0.2) is 31.5 Å². The molecule has 0 fully saturated rings. The van der Waals surface area contributed by atoms with Gasteiger partial charge in [0.2, 0.25) is 0 Å². The van der Waals surface area contributed by atoms with Crippen molar-refractivity contribution in [2.24, 2.45) is 4.99 Å². The zero-order chi connectivity index (χ0) is 20.2. The Morgan fingerprint density at radius 2 is 1.64 bits per heavy atom. The number of nitrogens with zero attached hydrogens (tertiary/aromatic N) is 1. The van der Waals surface area contributed by atoms with E-state index in [1.54, 1.807) is 6.07 Å². The average molecular weight is 385 g/mol. The van der Waals surface area contributed by atoms with Gasteiger partial charge in [-0.25, -0.2) is 4.99 Å². The minimum Gasteiger partial charge on any atom is -0.459 e. The minimum atomic E-state index is -0.170.